The lowest BCUT2D eigenvalue weighted by Gasteiger charge is -2.19. The van der Waals surface area contributed by atoms with Crippen LogP contribution in [0.5, 0.6) is 0 Å². The van der Waals surface area contributed by atoms with Gasteiger partial charge in [0.25, 0.3) is 0 Å². The highest BCUT2D eigenvalue weighted by molar-refractivity contribution is 7.99. The number of rotatable bonds is 21. The molecule has 2 rings (SSSR count). The molecule has 15 heteroatoms. The van der Waals surface area contributed by atoms with Crippen molar-refractivity contribution in [1.29, 1.82) is 0 Å². The van der Waals surface area contributed by atoms with E-state index in [4.69, 9.17) is 19.9 Å². The van der Waals surface area contributed by atoms with E-state index >= 15 is 0 Å². The van der Waals surface area contributed by atoms with Crippen molar-refractivity contribution >= 4 is 35.4 Å². The fraction of sp³-hybridized carbons (Fsp3) is 0.815. The monoisotopic (exact) mass is 617 g/mol. The van der Waals surface area contributed by atoms with E-state index < -0.39 is 49.2 Å². The number of hydrogen-bond acceptors (Lipinski definition) is 13. The topological polar surface area (TPSA) is 208 Å². The molecule has 6 N–H and O–H groups in total. The molecule has 0 radical (unpaired) electrons. The molecule has 240 valence electrons. The Hall–Kier alpha value is -2.30. The highest BCUT2D eigenvalue weighted by Crippen LogP contribution is 2.29. The van der Waals surface area contributed by atoms with Gasteiger partial charge < -0.3 is 40.6 Å². The minimum absolute atomic E-state index is 0.0546. The Kier molecular flexibility index (Phi) is 16.9. The van der Waals surface area contributed by atoms with Crippen molar-refractivity contribution in [2.75, 3.05) is 30.0 Å². The molecule has 2 heterocycles. The molecule has 1 aliphatic rings. The summed E-state index contributed by atoms with van der Waals surface area (Å²) in [7, 11) is 0. The lowest BCUT2D eigenvalue weighted by atomic mass is 10.1. The summed E-state index contributed by atoms with van der Waals surface area (Å²) >= 11 is 1.29. The predicted molar refractivity (Wildman–Crippen MR) is 155 cm³/mol. The van der Waals surface area contributed by atoms with Crippen molar-refractivity contribution in [2.24, 2.45) is 5.73 Å². The molecule has 6 atom stereocenters. The number of hydrogen-bond donors (Lipinski definition) is 5. The Labute approximate surface area is 251 Å². The molecule has 1 aliphatic heterocycles. The number of nitrogens with zero attached hydrogens (tertiary/aromatic N) is 3. The van der Waals surface area contributed by atoms with E-state index in [0.29, 0.717) is 6.42 Å². The Morgan fingerprint density at radius 1 is 1.05 bits per heavy atom. The van der Waals surface area contributed by atoms with Gasteiger partial charge in [-0.3, -0.25) is 14.4 Å². The third kappa shape index (κ3) is 12.5. The van der Waals surface area contributed by atoms with Gasteiger partial charge in [-0.15, -0.1) is 5.10 Å². The van der Waals surface area contributed by atoms with E-state index in [1.807, 2.05) is 0 Å². The second-order valence-corrected chi connectivity index (χ2v) is 11.4. The van der Waals surface area contributed by atoms with Gasteiger partial charge in [-0.25, -0.2) is 4.68 Å². The largest absolute Gasteiger partial charge is 0.462 e. The maximum Gasteiger partial charge on any atom is 0.306 e. The lowest BCUT2D eigenvalue weighted by Crippen LogP contribution is -2.38. The number of aliphatic hydroxyl groups is 3. The Bertz CT molecular complexity index is 953. The second-order valence-electron chi connectivity index (χ2n) is 10.4. The maximum absolute atomic E-state index is 12.6. The average Bonchev–Trinajstić information content (AvgIpc) is 3.55. The molecule has 1 unspecified atom stereocenters. The van der Waals surface area contributed by atoms with Gasteiger partial charge in [0.05, 0.1) is 18.8 Å². The quantitative estimate of drug-likeness (QED) is 0.0974. The lowest BCUT2D eigenvalue weighted by molar-refractivity contribution is -0.157. The number of amides is 1. The number of esters is 2. The number of ether oxygens (including phenoxy) is 3. The van der Waals surface area contributed by atoms with Crippen molar-refractivity contribution in [3.63, 3.8) is 0 Å². The van der Waals surface area contributed by atoms with E-state index in [0.717, 1.165) is 56.0 Å². The van der Waals surface area contributed by atoms with Crippen LogP contribution < -0.4 is 11.1 Å². The summed E-state index contributed by atoms with van der Waals surface area (Å²) in [6, 6.07) is -0.944. The molecule has 0 bridgehead atoms. The first-order valence-electron chi connectivity index (χ1n) is 14.7. The summed E-state index contributed by atoms with van der Waals surface area (Å²) in [6.45, 7) is 3.63. The van der Waals surface area contributed by atoms with Gasteiger partial charge >= 0.3 is 11.9 Å². The van der Waals surface area contributed by atoms with Gasteiger partial charge in [0.15, 0.2) is 12.0 Å². The zero-order valence-electron chi connectivity index (χ0n) is 24.6. The van der Waals surface area contributed by atoms with Crippen molar-refractivity contribution in [1.82, 2.24) is 15.0 Å². The first-order chi connectivity index (χ1) is 20.2. The summed E-state index contributed by atoms with van der Waals surface area (Å²) in [5, 5.41) is 39.5. The fourth-order valence-electron chi connectivity index (χ4n) is 4.19. The summed E-state index contributed by atoms with van der Waals surface area (Å²) < 4.78 is 17.5. The predicted octanol–water partition coefficient (Wildman–Crippen LogP) is 1.28. The zero-order chi connectivity index (χ0) is 30.9. The molecule has 1 fully saturated rings. The van der Waals surface area contributed by atoms with Crippen LogP contribution in [-0.4, -0.2) is 103 Å². The van der Waals surface area contributed by atoms with E-state index in [1.165, 1.54) is 18.0 Å². The molecule has 1 saturated heterocycles. The molecule has 0 aliphatic carbocycles. The number of aliphatic hydroxyl groups excluding tert-OH is 3. The molecule has 42 heavy (non-hydrogen) atoms. The molecule has 1 amide bonds. The summed E-state index contributed by atoms with van der Waals surface area (Å²) in [4.78, 5) is 37.1. The van der Waals surface area contributed by atoms with Crippen LogP contribution in [0.4, 0.5) is 5.82 Å². The Balaban J connectivity index is 1.82. The van der Waals surface area contributed by atoms with Gasteiger partial charge in [-0.2, -0.15) is 11.8 Å². The van der Waals surface area contributed by atoms with E-state index in [-0.39, 0.29) is 42.3 Å². The van der Waals surface area contributed by atoms with Crippen LogP contribution in [0.15, 0.2) is 6.20 Å². The number of carbonyl (C=O) groups is 3. The minimum Gasteiger partial charge on any atom is -0.462 e. The van der Waals surface area contributed by atoms with Crippen LogP contribution >= 0.6 is 11.8 Å². The third-order valence-electron chi connectivity index (χ3n) is 6.67. The maximum atomic E-state index is 12.6. The van der Waals surface area contributed by atoms with Crippen molar-refractivity contribution < 1.29 is 43.9 Å². The highest BCUT2D eigenvalue weighted by atomic mass is 32.2. The second kappa shape index (κ2) is 19.8. The van der Waals surface area contributed by atoms with Gasteiger partial charge in [0.1, 0.15) is 31.0 Å². The highest BCUT2D eigenvalue weighted by Gasteiger charge is 2.44. The summed E-state index contributed by atoms with van der Waals surface area (Å²) in [5.74, 6) is -0.704. The standard InChI is InChI=1S/C27H47N5O9S/c1-3-5-7-9-11-22(34)39-15-18(40-23(35)12-10-8-6-4-2)16-42-17-19(28)26(38)29-21-13-32(31-30-21)27-25(37)24(36)20(14-33)41-27/h13,18-20,24-25,27,33,36-37H,3-12,14-17,28H2,1-2H3,(H,29,38)/t18-,19-,20?,24-,25-,27+/m1/s1. The van der Waals surface area contributed by atoms with Gasteiger partial charge in [-0.05, 0) is 12.8 Å². The van der Waals surface area contributed by atoms with Crippen molar-refractivity contribution in [2.45, 2.75) is 115 Å². The van der Waals surface area contributed by atoms with Crippen LogP contribution in [0.1, 0.15) is 84.3 Å². The fourth-order valence-corrected chi connectivity index (χ4v) is 5.16. The number of nitrogens with one attached hydrogen (secondary N) is 1. The third-order valence-corrected chi connectivity index (χ3v) is 7.88. The number of thioether (sulfide) groups is 1. The summed E-state index contributed by atoms with van der Waals surface area (Å²) in [5.41, 5.74) is 6.05. The number of aromatic nitrogens is 3. The first-order valence-corrected chi connectivity index (χ1v) is 15.9. The molecule has 14 nitrogen and oxygen atoms in total. The number of carbonyl (C=O) groups excluding carboxylic acids is 3. The zero-order valence-corrected chi connectivity index (χ0v) is 25.4. The van der Waals surface area contributed by atoms with E-state index in [9.17, 15) is 29.7 Å². The molecule has 0 aromatic carbocycles. The van der Waals surface area contributed by atoms with Crippen LogP contribution in [0, 0.1) is 0 Å². The molecular weight excluding hydrogens is 570 g/mol. The smallest absolute Gasteiger partial charge is 0.306 e. The molecule has 1 aromatic rings. The summed E-state index contributed by atoms with van der Waals surface area (Å²) in [6.07, 6.45) is 4.14. The number of unbranched alkanes of at least 4 members (excludes halogenated alkanes) is 6. The number of anilines is 1. The molecule has 0 spiro atoms. The van der Waals surface area contributed by atoms with E-state index in [1.54, 1.807) is 0 Å². The molecule has 1 aromatic heterocycles. The van der Waals surface area contributed by atoms with Gasteiger partial charge in [-0.1, -0.05) is 57.6 Å². The normalized spacial score (nSPS) is 21.6. The number of nitrogens with two attached hydrogens (primary N) is 1. The van der Waals surface area contributed by atoms with Crippen molar-refractivity contribution in [3.8, 4) is 0 Å². The van der Waals surface area contributed by atoms with Crippen LogP contribution in [0.2, 0.25) is 0 Å². The van der Waals surface area contributed by atoms with E-state index in [2.05, 4.69) is 29.5 Å². The van der Waals surface area contributed by atoms with Crippen LogP contribution in [0.3, 0.4) is 0 Å². The van der Waals surface area contributed by atoms with Gasteiger partial charge in [0.2, 0.25) is 5.91 Å². The Morgan fingerprint density at radius 3 is 2.33 bits per heavy atom. The van der Waals surface area contributed by atoms with Crippen LogP contribution in [0.25, 0.3) is 0 Å². The van der Waals surface area contributed by atoms with Gasteiger partial charge in [0, 0.05) is 24.3 Å². The average molecular weight is 618 g/mol. The minimum atomic E-state index is -1.34. The first kappa shape index (κ1) is 35.9. The molecule has 0 saturated carbocycles. The van der Waals surface area contributed by atoms with Crippen molar-refractivity contribution in [3.05, 3.63) is 6.20 Å². The molecular formula is C27H47N5O9S. The Morgan fingerprint density at radius 2 is 1.71 bits per heavy atom. The van der Waals surface area contributed by atoms with Crippen LogP contribution in [-0.2, 0) is 28.6 Å². The SMILES string of the molecule is CCCCCCC(=O)OC[C@H](CSC[C@@H](N)C(=O)Nc1cn([C@H]2OC(CO)[C@@H](O)[C@H]2O)nn1)OC(=O)CCCCCC.